The molecule has 4 heteroatoms. The van der Waals surface area contributed by atoms with Crippen LogP contribution in [-0.2, 0) is 6.54 Å². The van der Waals surface area contributed by atoms with Gasteiger partial charge in [-0.05, 0) is 38.6 Å². The first-order valence-corrected chi connectivity index (χ1v) is 6.70. The molecular weight excluding hydrogens is 240 g/mol. The van der Waals surface area contributed by atoms with Crippen LogP contribution >= 0.6 is 0 Å². The highest BCUT2D eigenvalue weighted by atomic mass is 16.5. The van der Waals surface area contributed by atoms with Crippen LogP contribution in [0.4, 0.5) is 0 Å². The van der Waals surface area contributed by atoms with Crippen LogP contribution in [-0.4, -0.2) is 45.3 Å². The van der Waals surface area contributed by atoms with Crippen LogP contribution in [0.3, 0.4) is 0 Å². The Morgan fingerprint density at radius 3 is 2.42 bits per heavy atom. The van der Waals surface area contributed by atoms with Crippen molar-refractivity contribution in [2.24, 2.45) is 0 Å². The molecule has 0 aliphatic rings. The van der Waals surface area contributed by atoms with E-state index in [1.807, 2.05) is 12.1 Å². The number of nitrogens with one attached hydrogen (secondary N) is 1. The third-order valence-corrected chi connectivity index (χ3v) is 3.30. The maximum atomic E-state index is 5.29. The molecule has 0 saturated carbocycles. The fraction of sp³-hybridized carbons (Fsp3) is 0.600. The molecule has 0 aliphatic carbocycles. The lowest BCUT2D eigenvalue weighted by Gasteiger charge is -2.21. The summed E-state index contributed by atoms with van der Waals surface area (Å²) in [5.41, 5.74) is 1.20. The highest BCUT2D eigenvalue weighted by Crippen LogP contribution is 2.27. The van der Waals surface area contributed by atoms with Crippen molar-refractivity contribution >= 4 is 0 Å². The first-order valence-electron chi connectivity index (χ1n) is 6.70. The Labute approximate surface area is 116 Å². The lowest BCUT2D eigenvalue weighted by molar-refractivity contribution is 0.273. The number of benzene rings is 1. The Hall–Kier alpha value is -1.26. The van der Waals surface area contributed by atoms with E-state index in [9.17, 15) is 0 Å². The molecule has 0 radical (unpaired) electrons. The largest absolute Gasteiger partial charge is 0.493 e. The van der Waals surface area contributed by atoms with E-state index in [2.05, 4.69) is 37.2 Å². The second-order valence-corrected chi connectivity index (χ2v) is 4.94. The summed E-state index contributed by atoms with van der Waals surface area (Å²) in [5, 5.41) is 3.44. The molecule has 0 heterocycles. The Morgan fingerprint density at radius 1 is 1.16 bits per heavy atom. The van der Waals surface area contributed by atoms with Gasteiger partial charge in [0.2, 0.25) is 0 Å². The SMILES string of the molecule is COc1ccc(CNCCN(C)C(C)C)cc1OC. The van der Waals surface area contributed by atoms with Gasteiger partial charge in [-0.25, -0.2) is 0 Å². The van der Waals surface area contributed by atoms with Gasteiger partial charge in [-0.15, -0.1) is 0 Å². The lowest BCUT2D eigenvalue weighted by atomic mass is 10.2. The Kier molecular flexibility index (Phi) is 6.67. The van der Waals surface area contributed by atoms with Gasteiger partial charge in [0.05, 0.1) is 14.2 Å². The zero-order chi connectivity index (χ0) is 14.3. The molecule has 0 spiro atoms. The maximum absolute atomic E-state index is 5.29. The lowest BCUT2D eigenvalue weighted by Crippen LogP contribution is -2.33. The van der Waals surface area contributed by atoms with Crippen molar-refractivity contribution in [1.29, 1.82) is 0 Å². The van der Waals surface area contributed by atoms with Crippen molar-refractivity contribution in [3.05, 3.63) is 23.8 Å². The molecule has 1 rings (SSSR count). The van der Waals surface area contributed by atoms with Gasteiger partial charge in [-0.3, -0.25) is 0 Å². The van der Waals surface area contributed by atoms with Gasteiger partial charge in [0.25, 0.3) is 0 Å². The van der Waals surface area contributed by atoms with Gasteiger partial charge in [0.1, 0.15) is 0 Å². The summed E-state index contributed by atoms with van der Waals surface area (Å²) in [5.74, 6) is 1.55. The molecule has 0 unspecified atom stereocenters. The highest BCUT2D eigenvalue weighted by molar-refractivity contribution is 5.42. The van der Waals surface area contributed by atoms with E-state index in [1.165, 1.54) is 5.56 Å². The summed E-state index contributed by atoms with van der Waals surface area (Å²) < 4.78 is 10.5. The smallest absolute Gasteiger partial charge is 0.161 e. The van der Waals surface area contributed by atoms with Crippen molar-refractivity contribution in [2.45, 2.75) is 26.4 Å². The van der Waals surface area contributed by atoms with Gasteiger partial charge < -0.3 is 19.7 Å². The molecular formula is C15H26N2O2. The van der Waals surface area contributed by atoms with E-state index in [0.29, 0.717) is 6.04 Å². The highest BCUT2D eigenvalue weighted by Gasteiger charge is 2.05. The molecule has 0 saturated heterocycles. The number of hydrogen-bond acceptors (Lipinski definition) is 4. The van der Waals surface area contributed by atoms with Crippen LogP contribution in [0.15, 0.2) is 18.2 Å². The molecule has 0 amide bonds. The molecule has 0 aromatic heterocycles. The number of likely N-dealkylation sites (N-methyl/N-ethyl adjacent to an activating group) is 1. The summed E-state index contributed by atoms with van der Waals surface area (Å²) in [6, 6.07) is 6.59. The minimum atomic E-state index is 0.586. The van der Waals surface area contributed by atoms with Gasteiger partial charge in [0, 0.05) is 25.7 Å². The number of nitrogens with zero attached hydrogens (tertiary/aromatic N) is 1. The Bertz CT molecular complexity index is 380. The third-order valence-electron chi connectivity index (χ3n) is 3.30. The Morgan fingerprint density at radius 2 is 1.84 bits per heavy atom. The quantitative estimate of drug-likeness (QED) is 0.731. The van der Waals surface area contributed by atoms with Gasteiger partial charge in [-0.2, -0.15) is 0 Å². The average Bonchev–Trinajstić information content (AvgIpc) is 2.42. The van der Waals surface area contributed by atoms with Crippen LogP contribution in [0.5, 0.6) is 11.5 Å². The average molecular weight is 266 g/mol. The van der Waals surface area contributed by atoms with Crippen molar-refractivity contribution in [3.63, 3.8) is 0 Å². The molecule has 1 aromatic carbocycles. The van der Waals surface area contributed by atoms with Crippen LogP contribution < -0.4 is 14.8 Å². The number of rotatable bonds is 8. The van der Waals surface area contributed by atoms with Gasteiger partial charge >= 0.3 is 0 Å². The maximum Gasteiger partial charge on any atom is 0.161 e. The third kappa shape index (κ3) is 5.09. The molecule has 108 valence electrons. The normalized spacial score (nSPS) is 11.1. The molecule has 0 aliphatic heterocycles. The zero-order valence-electron chi connectivity index (χ0n) is 12.7. The molecule has 19 heavy (non-hydrogen) atoms. The van der Waals surface area contributed by atoms with E-state index in [-0.39, 0.29) is 0 Å². The van der Waals surface area contributed by atoms with E-state index < -0.39 is 0 Å². The summed E-state index contributed by atoms with van der Waals surface area (Å²) in [4.78, 5) is 2.32. The van der Waals surface area contributed by atoms with Gasteiger partial charge in [-0.1, -0.05) is 6.07 Å². The van der Waals surface area contributed by atoms with Crippen LogP contribution in [0.1, 0.15) is 19.4 Å². The molecule has 1 N–H and O–H groups in total. The predicted molar refractivity (Wildman–Crippen MR) is 79.0 cm³/mol. The molecule has 0 bridgehead atoms. The standard InChI is InChI=1S/C15H26N2O2/c1-12(2)17(3)9-8-16-11-13-6-7-14(18-4)15(10-13)19-5/h6-7,10,12,16H,8-9,11H2,1-5H3. The van der Waals surface area contributed by atoms with Crippen molar-refractivity contribution in [3.8, 4) is 11.5 Å². The van der Waals surface area contributed by atoms with Crippen molar-refractivity contribution in [1.82, 2.24) is 10.2 Å². The van der Waals surface area contributed by atoms with Crippen molar-refractivity contribution < 1.29 is 9.47 Å². The topological polar surface area (TPSA) is 33.7 Å². The van der Waals surface area contributed by atoms with Gasteiger partial charge in [0.15, 0.2) is 11.5 Å². The second kappa shape index (κ2) is 8.02. The van der Waals surface area contributed by atoms with E-state index in [1.54, 1.807) is 14.2 Å². The second-order valence-electron chi connectivity index (χ2n) is 4.94. The zero-order valence-corrected chi connectivity index (χ0v) is 12.7. The molecule has 0 fully saturated rings. The summed E-state index contributed by atoms with van der Waals surface area (Å²) >= 11 is 0. The number of ether oxygens (including phenoxy) is 2. The molecule has 0 atom stereocenters. The number of hydrogen-bond donors (Lipinski definition) is 1. The monoisotopic (exact) mass is 266 g/mol. The van der Waals surface area contributed by atoms with Crippen LogP contribution in [0.25, 0.3) is 0 Å². The minimum Gasteiger partial charge on any atom is -0.493 e. The summed E-state index contributed by atoms with van der Waals surface area (Å²) in [6.45, 7) is 7.27. The summed E-state index contributed by atoms with van der Waals surface area (Å²) in [6.07, 6.45) is 0. The van der Waals surface area contributed by atoms with E-state index >= 15 is 0 Å². The first kappa shape index (κ1) is 15.8. The minimum absolute atomic E-state index is 0.586. The fourth-order valence-corrected chi connectivity index (χ4v) is 1.74. The first-order chi connectivity index (χ1) is 9.08. The van der Waals surface area contributed by atoms with Crippen molar-refractivity contribution in [2.75, 3.05) is 34.4 Å². The van der Waals surface area contributed by atoms with E-state index in [0.717, 1.165) is 31.1 Å². The molecule has 4 nitrogen and oxygen atoms in total. The fourth-order valence-electron chi connectivity index (χ4n) is 1.74. The van der Waals surface area contributed by atoms with Crippen LogP contribution in [0.2, 0.25) is 0 Å². The molecule has 1 aromatic rings. The summed E-state index contributed by atoms with van der Waals surface area (Å²) in [7, 11) is 5.45. The Balaban J connectivity index is 2.41. The predicted octanol–water partition coefficient (Wildman–Crippen LogP) is 2.13. The van der Waals surface area contributed by atoms with Crippen LogP contribution in [0, 0.1) is 0 Å². The van der Waals surface area contributed by atoms with E-state index in [4.69, 9.17) is 9.47 Å². The number of methoxy groups -OCH3 is 2.